The van der Waals surface area contributed by atoms with Gasteiger partial charge in [-0.2, -0.15) is 5.26 Å². The predicted molar refractivity (Wildman–Crippen MR) is 66.4 cm³/mol. The lowest BCUT2D eigenvalue weighted by Crippen LogP contribution is -2.25. The van der Waals surface area contributed by atoms with Crippen molar-refractivity contribution in [2.45, 2.75) is 60.3 Å². The Labute approximate surface area is 95.9 Å². The van der Waals surface area contributed by atoms with Crippen molar-refractivity contribution in [1.29, 1.82) is 5.26 Å². The lowest BCUT2D eigenvalue weighted by molar-refractivity contribution is 0.180. The van der Waals surface area contributed by atoms with Crippen LogP contribution in [0.15, 0.2) is 0 Å². The minimum Gasteiger partial charge on any atom is -0.198 e. The van der Waals surface area contributed by atoms with Gasteiger partial charge in [0.15, 0.2) is 0 Å². The molecule has 0 aromatic heterocycles. The van der Waals surface area contributed by atoms with Crippen LogP contribution in [0.4, 0.5) is 0 Å². The topological polar surface area (TPSA) is 23.8 Å². The third-order valence-corrected chi connectivity index (χ3v) is 3.54. The number of nitriles is 1. The fourth-order valence-electron chi connectivity index (χ4n) is 2.47. The maximum absolute atomic E-state index is 8.95. The van der Waals surface area contributed by atoms with Crippen molar-refractivity contribution in [3.05, 3.63) is 0 Å². The summed E-state index contributed by atoms with van der Waals surface area (Å²) in [4.78, 5) is 0. The Morgan fingerprint density at radius 2 is 1.80 bits per heavy atom. The molecule has 0 aliphatic heterocycles. The third-order valence-electron chi connectivity index (χ3n) is 3.54. The molecule has 1 aliphatic carbocycles. The number of hydrogen-bond acceptors (Lipinski definition) is 1. The van der Waals surface area contributed by atoms with Crippen LogP contribution in [-0.4, -0.2) is 0 Å². The van der Waals surface area contributed by atoms with E-state index in [2.05, 4.69) is 26.8 Å². The Morgan fingerprint density at radius 1 is 1.20 bits per heavy atom. The van der Waals surface area contributed by atoms with Crippen LogP contribution >= 0.6 is 0 Å². The molecule has 1 fully saturated rings. The van der Waals surface area contributed by atoms with Gasteiger partial charge in [0.1, 0.15) is 0 Å². The number of nitrogens with zero attached hydrogens (tertiary/aromatic N) is 1. The Kier molecular flexibility index (Phi) is 7.48. The van der Waals surface area contributed by atoms with Crippen LogP contribution in [0.25, 0.3) is 0 Å². The molecular formula is C14H27N. The van der Waals surface area contributed by atoms with E-state index in [0.29, 0.717) is 5.92 Å². The molecule has 0 saturated heterocycles. The summed E-state index contributed by atoms with van der Waals surface area (Å²) in [7, 11) is 0. The van der Waals surface area contributed by atoms with E-state index in [1.165, 1.54) is 12.8 Å². The van der Waals surface area contributed by atoms with Crippen molar-refractivity contribution in [3.8, 4) is 6.07 Å². The van der Waals surface area contributed by atoms with Crippen LogP contribution in [0.3, 0.4) is 0 Å². The van der Waals surface area contributed by atoms with Gasteiger partial charge in [0, 0.05) is 5.92 Å². The monoisotopic (exact) mass is 209 g/mol. The zero-order chi connectivity index (χ0) is 11.8. The Morgan fingerprint density at radius 3 is 2.20 bits per heavy atom. The summed E-state index contributed by atoms with van der Waals surface area (Å²) in [6.45, 7) is 10.8. The van der Waals surface area contributed by atoms with Crippen LogP contribution in [0.2, 0.25) is 0 Å². The summed E-state index contributed by atoms with van der Waals surface area (Å²) in [5.74, 6) is 2.70. The summed E-state index contributed by atoms with van der Waals surface area (Å²) >= 11 is 0. The van der Waals surface area contributed by atoms with Gasteiger partial charge in [0.05, 0.1) is 6.07 Å². The molecular weight excluding hydrogens is 182 g/mol. The Hall–Kier alpha value is -0.510. The highest BCUT2D eigenvalue weighted by Crippen LogP contribution is 2.38. The first-order chi connectivity index (χ1) is 7.17. The normalized spacial score (nSPS) is 30.3. The quantitative estimate of drug-likeness (QED) is 0.650. The zero-order valence-corrected chi connectivity index (χ0v) is 11.1. The second-order valence-corrected chi connectivity index (χ2v) is 4.81. The van der Waals surface area contributed by atoms with E-state index in [1.54, 1.807) is 0 Å². The summed E-state index contributed by atoms with van der Waals surface area (Å²) in [5.41, 5.74) is 0. The van der Waals surface area contributed by atoms with Crippen molar-refractivity contribution in [3.63, 3.8) is 0 Å². The van der Waals surface area contributed by atoms with E-state index >= 15 is 0 Å². The van der Waals surface area contributed by atoms with Gasteiger partial charge in [0.2, 0.25) is 0 Å². The van der Waals surface area contributed by atoms with E-state index in [1.807, 2.05) is 13.8 Å². The van der Waals surface area contributed by atoms with E-state index in [4.69, 9.17) is 5.26 Å². The first-order valence-electron chi connectivity index (χ1n) is 6.57. The standard InChI is InChI=1S/C12H21N.C2H6/c1-4-10-5-11(8-13)7-12(6-10)9(2)3;1-2/h9-12H,4-7H2,1-3H3;1-2H3. The highest BCUT2D eigenvalue weighted by molar-refractivity contribution is 4.91. The second kappa shape index (κ2) is 7.74. The van der Waals surface area contributed by atoms with Crippen LogP contribution in [0.1, 0.15) is 60.3 Å². The van der Waals surface area contributed by atoms with Crippen molar-refractivity contribution < 1.29 is 0 Å². The zero-order valence-electron chi connectivity index (χ0n) is 11.1. The summed E-state index contributed by atoms with van der Waals surface area (Å²) in [5, 5.41) is 8.95. The fraction of sp³-hybridized carbons (Fsp3) is 0.929. The van der Waals surface area contributed by atoms with Gasteiger partial charge in [0.25, 0.3) is 0 Å². The summed E-state index contributed by atoms with van der Waals surface area (Å²) in [6.07, 6.45) is 4.90. The number of hydrogen-bond donors (Lipinski definition) is 0. The van der Waals surface area contributed by atoms with Gasteiger partial charge in [-0.15, -0.1) is 0 Å². The first kappa shape index (κ1) is 14.5. The molecule has 0 aromatic carbocycles. The van der Waals surface area contributed by atoms with Gasteiger partial charge < -0.3 is 0 Å². The lowest BCUT2D eigenvalue weighted by Gasteiger charge is -2.33. The van der Waals surface area contributed by atoms with E-state index in [0.717, 1.165) is 30.6 Å². The van der Waals surface area contributed by atoms with Gasteiger partial charge >= 0.3 is 0 Å². The van der Waals surface area contributed by atoms with Crippen LogP contribution < -0.4 is 0 Å². The molecule has 0 aromatic rings. The second-order valence-electron chi connectivity index (χ2n) is 4.81. The SMILES string of the molecule is CC.CCC1CC(C#N)CC(C(C)C)C1. The van der Waals surface area contributed by atoms with Crippen LogP contribution in [0.5, 0.6) is 0 Å². The highest BCUT2D eigenvalue weighted by Gasteiger charge is 2.29. The molecule has 0 heterocycles. The molecule has 3 unspecified atom stereocenters. The number of rotatable bonds is 2. The highest BCUT2D eigenvalue weighted by atomic mass is 14.4. The molecule has 0 bridgehead atoms. The summed E-state index contributed by atoms with van der Waals surface area (Å²) in [6, 6.07) is 2.45. The van der Waals surface area contributed by atoms with Gasteiger partial charge in [-0.3, -0.25) is 0 Å². The maximum atomic E-state index is 8.95. The molecule has 1 heteroatoms. The van der Waals surface area contributed by atoms with Crippen molar-refractivity contribution in [2.24, 2.45) is 23.7 Å². The molecule has 1 rings (SSSR count). The average Bonchev–Trinajstić information content (AvgIpc) is 2.30. The lowest BCUT2D eigenvalue weighted by atomic mass is 9.71. The largest absolute Gasteiger partial charge is 0.198 e. The molecule has 0 N–H and O–H groups in total. The molecule has 88 valence electrons. The van der Waals surface area contributed by atoms with E-state index in [9.17, 15) is 0 Å². The maximum Gasteiger partial charge on any atom is 0.0655 e. The van der Waals surface area contributed by atoms with Crippen molar-refractivity contribution in [1.82, 2.24) is 0 Å². The predicted octanol–water partition coefficient (Wildman–Crippen LogP) is 4.63. The van der Waals surface area contributed by atoms with Crippen LogP contribution in [0, 0.1) is 35.0 Å². The van der Waals surface area contributed by atoms with Crippen molar-refractivity contribution >= 4 is 0 Å². The molecule has 1 saturated carbocycles. The average molecular weight is 209 g/mol. The van der Waals surface area contributed by atoms with Crippen LogP contribution in [-0.2, 0) is 0 Å². The van der Waals surface area contributed by atoms with Gasteiger partial charge in [-0.05, 0) is 37.0 Å². The molecule has 0 spiro atoms. The molecule has 1 aliphatic rings. The molecule has 15 heavy (non-hydrogen) atoms. The van der Waals surface area contributed by atoms with Gasteiger partial charge in [-0.25, -0.2) is 0 Å². The molecule has 1 nitrogen and oxygen atoms in total. The molecule has 0 amide bonds. The molecule has 3 atom stereocenters. The third kappa shape index (κ3) is 4.69. The van der Waals surface area contributed by atoms with Gasteiger partial charge in [-0.1, -0.05) is 41.0 Å². The van der Waals surface area contributed by atoms with Crippen molar-refractivity contribution in [2.75, 3.05) is 0 Å². The van der Waals surface area contributed by atoms with E-state index < -0.39 is 0 Å². The minimum atomic E-state index is 0.339. The van der Waals surface area contributed by atoms with E-state index in [-0.39, 0.29) is 0 Å². The first-order valence-corrected chi connectivity index (χ1v) is 6.57. The molecule has 0 radical (unpaired) electrons. The Balaban J connectivity index is 0.000000921. The summed E-state index contributed by atoms with van der Waals surface area (Å²) < 4.78 is 0. The smallest absolute Gasteiger partial charge is 0.0655 e. The minimum absolute atomic E-state index is 0.339. The Bertz CT molecular complexity index is 190. The fourth-order valence-corrected chi connectivity index (χ4v) is 2.47.